The molecule has 33 heavy (non-hydrogen) atoms. The molecule has 0 saturated carbocycles. The number of aryl methyl sites for hydroxylation is 1. The maximum absolute atomic E-state index is 12.5. The number of para-hydroxylation sites is 1. The molecule has 0 atom stereocenters. The summed E-state index contributed by atoms with van der Waals surface area (Å²) in [5.74, 6) is -0.0560. The Labute approximate surface area is 200 Å². The molecule has 0 aliphatic heterocycles. The van der Waals surface area contributed by atoms with Crippen molar-refractivity contribution in [3.8, 4) is 28.2 Å². The van der Waals surface area contributed by atoms with E-state index < -0.39 is 0 Å². The zero-order chi connectivity index (χ0) is 23.4. The summed E-state index contributed by atoms with van der Waals surface area (Å²) in [6.07, 6.45) is 0. The van der Waals surface area contributed by atoms with Crippen LogP contribution in [0.2, 0.25) is 5.02 Å². The maximum atomic E-state index is 12.5. The summed E-state index contributed by atoms with van der Waals surface area (Å²) >= 11 is 6.13. The highest BCUT2D eigenvalue weighted by atomic mass is 35.5. The van der Waals surface area contributed by atoms with E-state index in [1.54, 1.807) is 0 Å². The van der Waals surface area contributed by atoms with Crippen LogP contribution in [0.5, 0.6) is 0 Å². The minimum atomic E-state index is -0.0560. The Morgan fingerprint density at radius 1 is 0.848 bits per heavy atom. The number of nitrogens with zero attached hydrogens (tertiary/aromatic N) is 2. The lowest BCUT2D eigenvalue weighted by Gasteiger charge is -2.17. The predicted octanol–water partition coefficient (Wildman–Crippen LogP) is 6.06. The Kier molecular flexibility index (Phi) is 6.97. The Bertz CT molecular complexity index is 1240. The molecule has 0 aliphatic carbocycles. The van der Waals surface area contributed by atoms with Crippen LogP contribution in [0, 0.1) is 6.92 Å². The van der Waals surface area contributed by atoms with Crippen molar-refractivity contribution < 1.29 is 4.79 Å². The van der Waals surface area contributed by atoms with E-state index in [4.69, 9.17) is 11.6 Å². The van der Waals surface area contributed by atoms with Crippen molar-refractivity contribution in [2.24, 2.45) is 0 Å². The number of aromatic nitrogens is 1. The van der Waals surface area contributed by atoms with Crippen LogP contribution in [0.4, 0.5) is 0 Å². The van der Waals surface area contributed by atoms with Gasteiger partial charge in [-0.3, -0.25) is 4.79 Å². The molecule has 0 bridgehead atoms. The molecule has 0 saturated heterocycles. The zero-order valence-electron chi connectivity index (χ0n) is 19.2. The third-order valence-corrected chi connectivity index (χ3v) is 5.92. The molecule has 4 aromatic rings. The van der Waals surface area contributed by atoms with Gasteiger partial charge in [-0.25, -0.2) is 0 Å². The van der Waals surface area contributed by atoms with E-state index >= 15 is 0 Å². The van der Waals surface area contributed by atoms with Gasteiger partial charge in [-0.2, -0.15) is 0 Å². The normalized spacial score (nSPS) is 11.1. The lowest BCUT2D eigenvalue weighted by atomic mass is 10.1. The number of hydrogen-bond donors (Lipinski definition) is 1. The molecule has 3 aromatic carbocycles. The largest absolute Gasteiger partial charge is 0.351 e. The van der Waals surface area contributed by atoms with Gasteiger partial charge in [0, 0.05) is 29.4 Å². The molecule has 1 heterocycles. The van der Waals surface area contributed by atoms with E-state index in [0.29, 0.717) is 17.1 Å². The summed E-state index contributed by atoms with van der Waals surface area (Å²) in [5.41, 5.74) is 7.24. The van der Waals surface area contributed by atoms with E-state index in [1.807, 2.05) is 73.6 Å². The van der Waals surface area contributed by atoms with Gasteiger partial charge in [0.15, 0.2) is 0 Å². The SMILES string of the molecule is Cc1ccccc1-n1c(-c2ccc(Cl)cc2)ccc1-c1ccc(C(=O)NCCN(C)C)cc1. The molecule has 0 fully saturated rings. The molecule has 4 rings (SSSR count). The van der Waals surface area contributed by atoms with Gasteiger partial charge >= 0.3 is 0 Å². The fourth-order valence-corrected chi connectivity index (χ4v) is 4.00. The summed E-state index contributed by atoms with van der Waals surface area (Å²) in [6, 6.07) is 28.3. The first-order valence-electron chi connectivity index (χ1n) is 11.0. The quantitative estimate of drug-likeness (QED) is 0.366. The van der Waals surface area contributed by atoms with Gasteiger partial charge in [-0.05, 0) is 80.2 Å². The topological polar surface area (TPSA) is 37.3 Å². The van der Waals surface area contributed by atoms with Crippen molar-refractivity contribution in [3.63, 3.8) is 0 Å². The van der Waals surface area contributed by atoms with E-state index in [1.165, 1.54) is 5.56 Å². The lowest BCUT2D eigenvalue weighted by molar-refractivity contribution is 0.0951. The molecule has 1 amide bonds. The van der Waals surface area contributed by atoms with Crippen LogP contribution < -0.4 is 5.32 Å². The van der Waals surface area contributed by atoms with Crippen LogP contribution in [-0.2, 0) is 0 Å². The highest BCUT2D eigenvalue weighted by molar-refractivity contribution is 6.30. The predicted molar refractivity (Wildman–Crippen MR) is 137 cm³/mol. The molecule has 5 heteroatoms. The van der Waals surface area contributed by atoms with E-state index in [9.17, 15) is 4.79 Å². The highest BCUT2D eigenvalue weighted by Crippen LogP contribution is 2.34. The minimum absolute atomic E-state index is 0.0560. The van der Waals surface area contributed by atoms with Gasteiger partial charge in [0.05, 0.1) is 11.4 Å². The van der Waals surface area contributed by atoms with Crippen molar-refractivity contribution in [3.05, 3.63) is 101 Å². The monoisotopic (exact) mass is 457 g/mol. The van der Waals surface area contributed by atoms with Crippen LogP contribution in [0.3, 0.4) is 0 Å². The third-order valence-electron chi connectivity index (χ3n) is 5.66. The number of benzene rings is 3. The second-order valence-corrected chi connectivity index (χ2v) is 8.81. The smallest absolute Gasteiger partial charge is 0.251 e. The fourth-order valence-electron chi connectivity index (χ4n) is 3.87. The van der Waals surface area contributed by atoms with Crippen molar-refractivity contribution in [2.45, 2.75) is 6.92 Å². The molecule has 0 aliphatic rings. The van der Waals surface area contributed by atoms with Crippen LogP contribution >= 0.6 is 11.6 Å². The fraction of sp³-hybridized carbons (Fsp3) is 0.179. The van der Waals surface area contributed by atoms with Crippen molar-refractivity contribution in [2.75, 3.05) is 27.2 Å². The number of amides is 1. The summed E-state index contributed by atoms with van der Waals surface area (Å²) in [4.78, 5) is 14.5. The molecular weight excluding hydrogens is 430 g/mol. The minimum Gasteiger partial charge on any atom is -0.351 e. The van der Waals surface area contributed by atoms with E-state index in [-0.39, 0.29) is 5.91 Å². The van der Waals surface area contributed by atoms with Gasteiger partial charge < -0.3 is 14.8 Å². The number of halogens is 1. The number of carbonyl (C=O) groups is 1. The second kappa shape index (κ2) is 10.1. The van der Waals surface area contributed by atoms with Gasteiger partial charge in [0.25, 0.3) is 5.91 Å². The first-order valence-corrected chi connectivity index (χ1v) is 11.4. The maximum Gasteiger partial charge on any atom is 0.251 e. The molecule has 0 radical (unpaired) electrons. The van der Waals surface area contributed by atoms with Gasteiger partial charge in [0.2, 0.25) is 0 Å². The van der Waals surface area contributed by atoms with Crippen molar-refractivity contribution in [1.29, 1.82) is 0 Å². The highest BCUT2D eigenvalue weighted by Gasteiger charge is 2.15. The Balaban J connectivity index is 1.71. The summed E-state index contributed by atoms with van der Waals surface area (Å²) < 4.78 is 2.27. The standard InChI is InChI=1S/C28H28ClN3O/c1-20-6-4-5-7-25(20)32-26(16-17-27(32)22-12-14-24(29)15-13-22)21-8-10-23(11-9-21)28(33)30-18-19-31(2)3/h4-17H,18-19H2,1-3H3,(H,30,33). The first-order chi connectivity index (χ1) is 15.9. The van der Waals surface area contributed by atoms with Gasteiger partial charge in [-0.1, -0.05) is 54.1 Å². The third kappa shape index (κ3) is 5.19. The Morgan fingerprint density at radius 3 is 2.00 bits per heavy atom. The average Bonchev–Trinajstić information content (AvgIpc) is 3.24. The van der Waals surface area contributed by atoms with Crippen LogP contribution in [-0.4, -0.2) is 42.6 Å². The van der Waals surface area contributed by atoms with Crippen molar-refractivity contribution >= 4 is 17.5 Å². The van der Waals surface area contributed by atoms with Crippen molar-refractivity contribution in [1.82, 2.24) is 14.8 Å². The van der Waals surface area contributed by atoms with Crippen LogP contribution in [0.1, 0.15) is 15.9 Å². The van der Waals surface area contributed by atoms with E-state index in [2.05, 4.69) is 47.1 Å². The van der Waals surface area contributed by atoms with Gasteiger partial charge in [-0.15, -0.1) is 0 Å². The van der Waals surface area contributed by atoms with Crippen LogP contribution in [0.25, 0.3) is 28.2 Å². The molecule has 4 nitrogen and oxygen atoms in total. The number of nitrogens with one attached hydrogen (secondary N) is 1. The summed E-state index contributed by atoms with van der Waals surface area (Å²) in [5, 5.41) is 3.68. The lowest BCUT2D eigenvalue weighted by Crippen LogP contribution is -2.31. The molecular formula is C28H28ClN3O. The molecule has 168 valence electrons. The number of carbonyl (C=O) groups excluding carboxylic acids is 1. The average molecular weight is 458 g/mol. The number of likely N-dealkylation sites (N-methyl/N-ethyl adjacent to an activating group) is 1. The molecule has 0 unspecified atom stereocenters. The molecule has 1 aromatic heterocycles. The summed E-state index contributed by atoms with van der Waals surface area (Å²) in [7, 11) is 3.98. The Hall–Kier alpha value is -3.34. The number of hydrogen-bond acceptors (Lipinski definition) is 2. The molecule has 1 N–H and O–H groups in total. The Morgan fingerprint density at radius 2 is 1.42 bits per heavy atom. The second-order valence-electron chi connectivity index (χ2n) is 8.37. The van der Waals surface area contributed by atoms with Gasteiger partial charge in [0.1, 0.15) is 0 Å². The van der Waals surface area contributed by atoms with E-state index in [0.717, 1.165) is 34.7 Å². The first kappa shape index (κ1) is 22.8. The number of rotatable bonds is 7. The molecule has 0 spiro atoms. The summed E-state index contributed by atoms with van der Waals surface area (Å²) in [6.45, 7) is 3.54. The zero-order valence-corrected chi connectivity index (χ0v) is 19.9. The van der Waals surface area contributed by atoms with Crippen LogP contribution in [0.15, 0.2) is 84.9 Å².